The molecule has 1 N–H and O–H groups in total. The van der Waals surface area contributed by atoms with Crippen molar-refractivity contribution < 1.29 is 18.7 Å². The summed E-state index contributed by atoms with van der Waals surface area (Å²) in [5.74, 6) is -0.995. The number of halogens is 1. The third kappa shape index (κ3) is 2.49. The zero-order chi connectivity index (χ0) is 18.4. The van der Waals surface area contributed by atoms with Crippen molar-refractivity contribution >= 4 is 17.4 Å². The molecular formula is C20H19FN2O3. The summed E-state index contributed by atoms with van der Waals surface area (Å²) in [4.78, 5) is 26.5. The minimum absolute atomic E-state index is 0.355. The van der Waals surface area contributed by atoms with Gasteiger partial charge in [-0.2, -0.15) is 0 Å². The summed E-state index contributed by atoms with van der Waals surface area (Å²) < 4.78 is 19.3. The number of rotatable bonds is 3. The first-order valence-corrected chi connectivity index (χ1v) is 8.64. The van der Waals surface area contributed by atoms with E-state index in [1.165, 1.54) is 19.2 Å². The van der Waals surface area contributed by atoms with Crippen molar-refractivity contribution in [2.45, 2.75) is 19.9 Å². The summed E-state index contributed by atoms with van der Waals surface area (Å²) in [6.07, 6.45) is 0.759. The van der Waals surface area contributed by atoms with E-state index >= 15 is 0 Å². The van der Waals surface area contributed by atoms with Crippen molar-refractivity contribution in [1.29, 1.82) is 0 Å². The zero-order valence-corrected chi connectivity index (χ0v) is 14.7. The fourth-order valence-electron chi connectivity index (χ4n) is 3.83. The molecule has 0 aliphatic carbocycles. The van der Waals surface area contributed by atoms with Gasteiger partial charge in [-0.3, -0.25) is 14.5 Å². The largest absolute Gasteiger partial charge is 0.496 e. The van der Waals surface area contributed by atoms with Gasteiger partial charge in [-0.1, -0.05) is 6.92 Å². The number of amides is 1. The molecule has 134 valence electrons. The molecular weight excluding hydrogens is 335 g/mol. The Balaban J connectivity index is 1.99. The van der Waals surface area contributed by atoms with Crippen LogP contribution in [0.3, 0.4) is 0 Å². The molecule has 0 saturated carbocycles. The van der Waals surface area contributed by atoms with E-state index < -0.39 is 11.7 Å². The number of hydrogen-bond acceptors (Lipinski definition) is 4. The molecule has 5 nitrogen and oxygen atoms in total. The van der Waals surface area contributed by atoms with Gasteiger partial charge in [0.2, 0.25) is 0 Å². The van der Waals surface area contributed by atoms with Crippen molar-refractivity contribution in [2.75, 3.05) is 25.5 Å². The lowest BCUT2D eigenvalue weighted by Gasteiger charge is -2.31. The quantitative estimate of drug-likeness (QED) is 0.861. The molecule has 4 rings (SSSR count). The molecule has 2 aliphatic heterocycles. The monoisotopic (exact) mass is 354 g/mol. The molecule has 2 aromatic carbocycles. The minimum atomic E-state index is -0.612. The Morgan fingerprint density at radius 3 is 2.69 bits per heavy atom. The average Bonchev–Trinajstić information content (AvgIpc) is 2.95. The van der Waals surface area contributed by atoms with E-state index in [4.69, 9.17) is 4.74 Å². The third-order valence-electron chi connectivity index (χ3n) is 5.20. The number of ketones is 1. The number of nitrogens with zero attached hydrogens (tertiary/aromatic N) is 1. The highest BCUT2D eigenvalue weighted by Crippen LogP contribution is 2.42. The third-order valence-corrected chi connectivity index (χ3v) is 5.20. The van der Waals surface area contributed by atoms with Crippen LogP contribution >= 0.6 is 0 Å². The number of methoxy groups -OCH3 is 1. The summed E-state index contributed by atoms with van der Waals surface area (Å²) in [5, 5.41) is 2.72. The number of benzene rings is 2. The van der Waals surface area contributed by atoms with Crippen LogP contribution in [0.25, 0.3) is 11.1 Å². The Morgan fingerprint density at radius 1 is 1.15 bits per heavy atom. The highest BCUT2D eigenvalue weighted by molar-refractivity contribution is 6.52. The van der Waals surface area contributed by atoms with Gasteiger partial charge in [-0.05, 0) is 53.9 Å². The van der Waals surface area contributed by atoms with E-state index in [0.717, 1.165) is 36.2 Å². The van der Waals surface area contributed by atoms with E-state index in [1.54, 1.807) is 12.1 Å². The molecule has 2 heterocycles. The highest BCUT2D eigenvalue weighted by atomic mass is 19.1. The lowest BCUT2D eigenvalue weighted by atomic mass is 9.86. The predicted octanol–water partition coefficient (Wildman–Crippen LogP) is 3.01. The fourth-order valence-corrected chi connectivity index (χ4v) is 3.83. The smallest absolute Gasteiger partial charge is 0.296 e. The van der Waals surface area contributed by atoms with Crippen LogP contribution in [0.5, 0.6) is 5.75 Å². The second-order valence-electron chi connectivity index (χ2n) is 6.55. The van der Waals surface area contributed by atoms with Gasteiger partial charge in [-0.15, -0.1) is 0 Å². The molecule has 0 bridgehead atoms. The second kappa shape index (κ2) is 6.21. The van der Waals surface area contributed by atoms with Gasteiger partial charge in [0, 0.05) is 18.7 Å². The number of Topliss-reactive ketones (excluding diaryl/α,β-unsaturated/α-hetero) is 1. The Morgan fingerprint density at radius 2 is 1.96 bits per heavy atom. The van der Waals surface area contributed by atoms with Crippen molar-refractivity contribution in [3.8, 4) is 16.9 Å². The lowest BCUT2D eigenvalue weighted by molar-refractivity contribution is -0.112. The number of ether oxygens (including phenoxy) is 1. The standard InChI is InChI=1S/C20H19FN2O3/c1-3-23-7-6-12-13(14-8-11(21)4-5-17(14)26-2)9-15-18(16(12)10-23)22-20(25)19(15)24/h4-5,8-9H,3,6-7,10H2,1-2H3,(H,22,24,25). The Bertz CT molecular complexity index is 939. The van der Waals surface area contributed by atoms with Crippen LogP contribution in [0, 0.1) is 5.82 Å². The number of likely N-dealkylation sites (N-methyl/N-ethyl adjacent to an activating group) is 1. The molecule has 0 spiro atoms. The van der Waals surface area contributed by atoms with Crippen molar-refractivity contribution in [2.24, 2.45) is 0 Å². The molecule has 0 saturated heterocycles. The molecule has 1 amide bonds. The Kier molecular flexibility index (Phi) is 4.00. The number of fused-ring (bicyclic) bond motifs is 3. The first kappa shape index (κ1) is 16.7. The van der Waals surface area contributed by atoms with Crippen molar-refractivity contribution in [3.63, 3.8) is 0 Å². The van der Waals surface area contributed by atoms with Crippen LogP contribution in [-0.4, -0.2) is 36.8 Å². The Hall–Kier alpha value is -2.73. The van der Waals surface area contributed by atoms with E-state index in [1.807, 2.05) is 0 Å². The molecule has 0 radical (unpaired) electrons. The number of anilines is 1. The van der Waals surface area contributed by atoms with Crippen LogP contribution < -0.4 is 10.1 Å². The summed E-state index contributed by atoms with van der Waals surface area (Å²) in [5.41, 5.74) is 4.29. The van der Waals surface area contributed by atoms with Crippen molar-refractivity contribution in [1.82, 2.24) is 4.90 Å². The molecule has 6 heteroatoms. The van der Waals surface area contributed by atoms with Crippen LogP contribution in [0.1, 0.15) is 28.4 Å². The molecule has 26 heavy (non-hydrogen) atoms. The zero-order valence-electron chi connectivity index (χ0n) is 14.7. The van der Waals surface area contributed by atoms with Gasteiger partial charge >= 0.3 is 0 Å². The number of hydrogen-bond donors (Lipinski definition) is 1. The van der Waals surface area contributed by atoms with E-state index in [2.05, 4.69) is 17.1 Å². The van der Waals surface area contributed by atoms with Crippen LogP contribution in [0.2, 0.25) is 0 Å². The van der Waals surface area contributed by atoms with Gasteiger partial charge in [0.1, 0.15) is 11.6 Å². The number of nitrogens with one attached hydrogen (secondary N) is 1. The minimum Gasteiger partial charge on any atom is -0.496 e. The van der Waals surface area contributed by atoms with Gasteiger partial charge < -0.3 is 10.1 Å². The average molecular weight is 354 g/mol. The highest BCUT2D eigenvalue weighted by Gasteiger charge is 2.35. The van der Waals surface area contributed by atoms with Gasteiger partial charge in [-0.25, -0.2) is 4.39 Å². The van der Waals surface area contributed by atoms with Crippen LogP contribution in [0.4, 0.5) is 10.1 Å². The Labute approximate surface area is 150 Å². The van der Waals surface area contributed by atoms with Gasteiger partial charge in [0.05, 0.1) is 18.4 Å². The SMILES string of the molecule is CCN1CCc2c(-c3cc(F)ccc3OC)cc3c(c2C1)NC(=O)C3=O. The number of carbonyl (C=O) groups excluding carboxylic acids is 2. The van der Waals surface area contributed by atoms with Crippen molar-refractivity contribution in [3.05, 3.63) is 46.8 Å². The van der Waals surface area contributed by atoms with Gasteiger partial charge in [0.25, 0.3) is 11.7 Å². The first-order valence-electron chi connectivity index (χ1n) is 8.64. The summed E-state index contributed by atoms with van der Waals surface area (Å²) in [7, 11) is 1.53. The molecule has 0 fully saturated rings. The van der Waals surface area contributed by atoms with E-state index in [9.17, 15) is 14.0 Å². The summed E-state index contributed by atoms with van der Waals surface area (Å²) in [6, 6.07) is 6.04. The van der Waals surface area contributed by atoms with E-state index in [-0.39, 0.29) is 5.82 Å². The first-order chi connectivity index (χ1) is 12.5. The topological polar surface area (TPSA) is 58.6 Å². The maximum atomic E-state index is 13.9. The molecule has 2 aliphatic rings. The van der Waals surface area contributed by atoms with Crippen LogP contribution in [0.15, 0.2) is 24.3 Å². The van der Waals surface area contributed by atoms with Gasteiger partial charge in [0.15, 0.2) is 0 Å². The number of carbonyl (C=O) groups is 2. The molecule has 2 aromatic rings. The molecule has 0 aromatic heterocycles. The lowest BCUT2D eigenvalue weighted by Crippen LogP contribution is -2.31. The normalized spacial score (nSPS) is 16.3. The summed E-state index contributed by atoms with van der Waals surface area (Å²) in [6.45, 7) is 4.47. The maximum Gasteiger partial charge on any atom is 0.296 e. The maximum absolute atomic E-state index is 13.9. The molecule has 0 unspecified atom stereocenters. The molecule has 0 atom stereocenters. The predicted molar refractivity (Wildman–Crippen MR) is 96.0 cm³/mol. The van der Waals surface area contributed by atoms with Crippen LogP contribution in [-0.2, 0) is 17.8 Å². The second-order valence-corrected chi connectivity index (χ2v) is 6.55. The summed E-state index contributed by atoms with van der Waals surface area (Å²) >= 11 is 0. The van der Waals surface area contributed by atoms with E-state index in [0.29, 0.717) is 29.1 Å². The fraction of sp³-hybridized carbons (Fsp3) is 0.300.